The van der Waals surface area contributed by atoms with Gasteiger partial charge in [0.25, 0.3) is 0 Å². The van der Waals surface area contributed by atoms with E-state index >= 15 is 0 Å². The Kier molecular flexibility index (Phi) is 6.90. The van der Waals surface area contributed by atoms with Crippen LogP contribution in [0.2, 0.25) is 0 Å². The van der Waals surface area contributed by atoms with Gasteiger partial charge in [-0.2, -0.15) is 0 Å². The van der Waals surface area contributed by atoms with Gasteiger partial charge in [-0.15, -0.1) is 11.8 Å². The molecule has 1 aromatic heterocycles. The summed E-state index contributed by atoms with van der Waals surface area (Å²) < 4.78 is 5.91. The summed E-state index contributed by atoms with van der Waals surface area (Å²) in [6.07, 6.45) is 8.80. The van der Waals surface area contributed by atoms with Gasteiger partial charge in [0.15, 0.2) is 0 Å². The van der Waals surface area contributed by atoms with Gasteiger partial charge in [-0.25, -0.2) is 4.98 Å². The number of aliphatic imine (C=N–C) groups is 2. The molecule has 1 aliphatic rings. The van der Waals surface area contributed by atoms with Crippen molar-refractivity contribution < 1.29 is 4.74 Å². The highest BCUT2D eigenvalue weighted by Gasteiger charge is 2.11. The zero-order chi connectivity index (χ0) is 15.6. The Morgan fingerprint density at radius 2 is 2.32 bits per heavy atom. The third-order valence-corrected chi connectivity index (χ3v) is 4.08. The van der Waals surface area contributed by atoms with Crippen LogP contribution in [-0.4, -0.2) is 30.9 Å². The molecule has 1 heterocycles. The molecular weight excluding hydrogens is 294 g/mol. The minimum absolute atomic E-state index is 0.586. The summed E-state index contributed by atoms with van der Waals surface area (Å²) in [7, 11) is 0. The molecule has 0 N–H and O–H groups in total. The lowest BCUT2D eigenvalue weighted by Gasteiger charge is -2.15. The third kappa shape index (κ3) is 4.84. The molecule has 0 saturated carbocycles. The molecule has 0 amide bonds. The van der Waals surface area contributed by atoms with Crippen LogP contribution in [0.3, 0.4) is 0 Å². The minimum Gasteiger partial charge on any atom is -0.473 e. The first-order valence-electron chi connectivity index (χ1n) is 7.32. The Bertz CT molecular complexity index is 581. The van der Waals surface area contributed by atoms with Crippen molar-refractivity contribution in [3.05, 3.63) is 41.0 Å². The van der Waals surface area contributed by atoms with Crippen LogP contribution in [0, 0.1) is 0 Å². The zero-order valence-electron chi connectivity index (χ0n) is 12.7. The van der Waals surface area contributed by atoms with E-state index in [0.29, 0.717) is 18.4 Å². The zero-order valence-corrected chi connectivity index (χ0v) is 13.5. The third-order valence-electron chi connectivity index (χ3n) is 3.36. The molecule has 0 atom stereocenters. The number of hydrogen-bond donors (Lipinski definition) is 0. The molecule has 0 spiro atoms. The van der Waals surface area contributed by atoms with E-state index in [2.05, 4.69) is 34.5 Å². The molecule has 0 saturated heterocycles. The fourth-order valence-electron chi connectivity index (χ4n) is 2.25. The second kappa shape index (κ2) is 9.20. The summed E-state index contributed by atoms with van der Waals surface area (Å²) in [5, 5.41) is 1.91. The van der Waals surface area contributed by atoms with Gasteiger partial charge in [-0.05, 0) is 62.2 Å². The fourth-order valence-corrected chi connectivity index (χ4v) is 2.79. The maximum atomic E-state index is 5.91. The number of aromatic nitrogens is 1. The first kappa shape index (κ1) is 16.5. The Morgan fingerprint density at radius 1 is 1.41 bits per heavy atom. The molecule has 4 nitrogen and oxygen atoms in total. The van der Waals surface area contributed by atoms with E-state index in [0.717, 1.165) is 24.1 Å². The van der Waals surface area contributed by atoms with Crippen molar-refractivity contribution >= 4 is 30.9 Å². The first-order chi connectivity index (χ1) is 10.8. The van der Waals surface area contributed by atoms with E-state index in [1.165, 1.54) is 30.2 Å². The molecule has 0 unspecified atom stereocenters. The highest BCUT2D eigenvalue weighted by Crippen LogP contribution is 2.27. The number of thioether (sulfide) groups is 1. The smallest absolute Gasteiger partial charge is 0.223 e. The summed E-state index contributed by atoms with van der Waals surface area (Å²) in [5.74, 6) is 1.18. The maximum Gasteiger partial charge on any atom is 0.223 e. The molecule has 0 aliphatic heterocycles. The molecule has 116 valence electrons. The number of hydrogen-bond acceptors (Lipinski definition) is 5. The number of ether oxygens (including phenoxy) is 1. The normalized spacial score (nSPS) is 15.1. The number of rotatable bonds is 8. The van der Waals surface area contributed by atoms with Gasteiger partial charge >= 0.3 is 0 Å². The standard InChI is InChI=1S/C17H21N3OS/c1-18-13-22-12-16(19-2)15-9-6-10-20-17(15)21-11-14-7-4-3-5-8-14/h6-7,9-10,12H,1-5,8,11,13H2/b16-12-. The van der Waals surface area contributed by atoms with Gasteiger partial charge in [-0.1, -0.05) is 6.08 Å². The van der Waals surface area contributed by atoms with Crippen LogP contribution in [-0.2, 0) is 0 Å². The lowest BCUT2D eigenvalue weighted by molar-refractivity contribution is 0.329. The predicted octanol–water partition coefficient (Wildman–Crippen LogP) is 4.35. The van der Waals surface area contributed by atoms with Crippen molar-refractivity contribution in [3.8, 4) is 5.88 Å². The van der Waals surface area contributed by atoms with Crippen LogP contribution in [0.4, 0.5) is 0 Å². The largest absolute Gasteiger partial charge is 0.473 e. The van der Waals surface area contributed by atoms with Crippen LogP contribution in [0.15, 0.2) is 45.4 Å². The molecule has 1 aromatic rings. The molecule has 5 heteroatoms. The molecule has 0 aromatic carbocycles. The Labute approximate surface area is 136 Å². The van der Waals surface area contributed by atoms with Gasteiger partial charge in [0.05, 0.1) is 17.1 Å². The molecule has 22 heavy (non-hydrogen) atoms. The van der Waals surface area contributed by atoms with Crippen molar-refractivity contribution in [1.29, 1.82) is 0 Å². The minimum atomic E-state index is 0.586. The van der Waals surface area contributed by atoms with Crippen LogP contribution in [0.5, 0.6) is 5.88 Å². The molecule has 0 bridgehead atoms. The molecule has 0 fully saturated rings. The molecule has 0 radical (unpaired) electrons. The van der Waals surface area contributed by atoms with E-state index in [1.54, 1.807) is 6.20 Å². The maximum absolute atomic E-state index is 5.91. The van der Waals surface area contributed by atoms with E-state index < -0.39 is 0 Å². The van der Waals surface area contributed by atoms with Gasteiger partial charge < -0.3 is 4.74 Å². The quantitative estimate of drug-likeness (QED) is 0.407. The average Bonchev–Trinajstić information content (AvgIpc) is 2.58. The van der Waals surface area contributed by atoms with Crippen LogP contribution >= 0.6 is 11.8 Å². The van der Waals surface area contributed by atoms with E-state index in [1.807, 2.05) is 17.5 Å². The van der Waals surface area contributed by atoms with Gasteiger partial charge in [-0.3, -0.25) is 9.98 Å². The Hall–Kier alpha value is -1.88. The number of pyridine rings is 1. The fraction of sp³-hybridized carbons (Fsp3) is 0.353. The topological polar surface area (TPSA) is 46.8 Å². The molecule has 2 rings (SSSR count). The lowest BCUT2D eigenvalue weighted by Crippen LogP contribution is -2.06. The van der Waals surface area contributed by atoms with Crippen LogP contribution in [0.1, 0.15) is 31.2 Å². The summed E-state index contributed by atoms with van der Waals surface area (Å²) in [4.78, 5) is 12.2. The monoisotopic (exact) mass is 315 g/mol. The second-order valence-electron chi connectivity index (χ2n) is 4.93. The number of nitrogens with zero attached hydrogens (tertiary/aromatic N) is 3. The highest BCUT2D eigenvalue weighted by atomic mass is 32.2. The van der Waals surface area contributed by atoms with Gasteiger partial charge in [0, 0.05) is 6.20 Å². The van der Waals surface area contributed by atoms with Gasteiger partial charge in [0.2, 0.25) is 5.88 Å². The molecular formula is C17H21N3OS. The first-order valence-corrected chi connectivity index (χ1v) is 8.37. The average molecular weight is 315 g/mol. The summed E-state index contributed by atoms with van der Waals surface area (Å²) in [6.45, 7) is 7.69. The Balaban J connectivity index is 2.10. The molecule has 1 aliphatic carbocycles. The van der Waals surface area contributed by atoms with E-state index in [4.69, 9.17) is 4.74 Å². The SMILES string of the molecule is C=NCS/C=C(\N=C)c1cccnc1OCC1=CCCCC1. The van der Waals surface area contributed by atoms with Gasteiger partial charge in [0.1, 0.15) is 6.61 Å². The highest BCUT2D eigenvalue weighted by molar-refractivity contribution is 8.02. The lowest BCUT2D eigenvalue weighted by atomic mass is 10.0. The predicted molar refractivity (Wildman–Crippen MR) is 95.8 cm³/mol. The number of allylic oxidation sites excluding steroid dienone is 1. The van der Waals surface area contributed by atoms with Crippen molar-refractivity contribution in [2.75, 3.05) is 12.5 Å². The van der Waals surface area contributed by atoms with Crippen molar-refractivity contribution in [3.63, 3.8) is 0 Å². The van der Waals surface area contributed by atoms with E-state index in [-0.39, 0.29) is 0 Å². The van der Waals surface area contributed by atoms with Crippen molar-refractivity contribution in [2.24, 2.45) is 9.98 Å². The summed E-state index contributed by atoms with van der Waals surface area (Å²) in [5.41, 5.74) is 2.95. The van der Waals surface area contributed by atoms with Crippen molar-refractivity contribution in [2.45, 2.75) is 25.7 Å². The van der Waals surface area contributed by atoms with Crippen molar-refractivity contribution in [1.82, 2.24) is 4.98 Å². The summed E-state index contributed by atoms with van der Waals surface area (Å²) >= 11 is 1.52. The second-order valence-corrected chi connectivity index (χ2v) is 5.76. The van der Waals surface area contributed by atoms with E-state index in [9.17, 15) is 0 Å². The van der Waals surface area contributed by atoms with Crippen LogP contribution in [0.25, 0.3) is 5.70 Å². The Morgan fingerprint density at radius 3 is 3.05 bits per heavy atom. The van der Waals surface area contributed by atoms with Crippen LogP contribution < -0.4 is 4.74 Å². The summed E-state index contributed by atoms with van der Waals surface area (Å²) in [6, 6.07) is 3.82.